The van der Waals surface area contributed by atoms with E-state index in [4.69, 9.17) is 10.2 Å². The van der Waals surface area contributed by atoms with E-state index < -0.39 is 11.9 Å². The van der Waals surface area contributed by atoms with Gasteiger partial charge >= 0.3 is 11.9 Å². The summed E-state index contributed by atoms with van der Waals surface area (Å²) in [4.78, 5) is 20.4. The molecule has 0 aliphatic heterocycles. The van der Waals surface area contributed by atoms with Crippen LogP contribution in [-0.4, -0.2) is 22.2 Å². The van der Waals surface area contributed by atoms with E-state index in [1.165, 1.54) is 0 Å². The summed E-state index contributed by atoms with van der Waals surface area (Å²) in [5.41, 5.74) is 0. The number of hydrogen-bond acceptors (Lipinski definition) is 2. The highest BCUT2D eigenvalue weighted by atomic mass is 16.4. The molecule has 76 valence electrons. The lowest BCUT2D eigenvalue weighted by Crippen LogP contribution is -2.04. The molecule has 4 nitrogen and oxygen atoms in total. The molecule has 0 rings (SSSR count). The van der Waals surface area contributed by atoms with Crippen LogP contribution in [0.1, 0.15) is 39.0 Å². The molecule has 0 fully saturated rings. The van der Waals surface area contributed by atoms with E-state index in [9.17, 15) is 9.59 Å². The van der Waals surface area contributed by atoms with E-state index in [0.29, 0.717) is 6.42 Å². The molecule has 0 radical (unpaired) electrons. The van der Waals surface area contributed by atoms with Crippen molar-refractivity contribution in [3.05, 3.63) is 0 Å². The van der Waals surface area contributed by atoms with Crippen LogP contribution >= 0.6 is 0 Å². The second kappa shape index (κ2) is 6.46. The minimum Gasteiger partial charge on any atom is -0.481 e. The quantitative estimate of drug-likeness (QED) is 0.597. The summed E-state index contributed by atoms with van der Waals surface area (Å²) in [6.45, 7) is 1.87. The third kappa shape index (κ3) is 8.85. The van der Waals surface area contributed by atoms with Crippen LogP contribution in [0.4, 0.5) is 0 Å². The molecule has 0 spiro atoms. The highest BCUT2D eigenvalue weighted by molar-refractivity contribution is 5.67. The molecule has 0 unspecified atom stereocenters. The van der Waals surface area contributed by atoms with Gasteiger partial charge in [-0.15, -0.1) is 0 Å². The molecule has 0 bridgehead atoms. The Hall–Kier alpha value is -1.06. The fraction of sp³-hybridized carbons (Fsp3) is 0.778. The fourth-order valence-electron chi connectivity index (χ4n) is 1.17. The van der Waals surface area contributed by atoms with Gasteiger partial charge < -0.3 is 10.2 Å². The number of carbonyl (C=O) groups is 2. The number of hydrogen-bond donors (Lipinski definition) is 2. The van der Waals surface area contributed by atoms with Gasteiger partial charge in [-0.05, 0) is 12.3 Å². The van der Waals surface area contributed by atoms with Crippen molar-refractivity contribution in [3.8, 4) is 0 Å². The van der Waals surface area contributed by atoms with Crippen molar-refractivity contribution in [1.29, 1.82) is 0 Å². The molecular weight excluding hydrogens is 172 g/mol. The van der Waals surface area contributed by atoms with Crippen LogP contribution in [0.3, 0.4) is 0 Å². The van der Waals surface area contributed by atoms with Crippen LogP contribution in [-0.2, 0) is 9.59 Å². The molecular formula is C9H16O4. The molecule has 0 aliphatic rings. The van der Waals surface area contributed by atoms with E-state index in [1.54, 1.807) is 0 Å². The van der Waals surface area contributed by atoms with Crippen molar-refractivity contribution in [1.82, 2.24) is 0 Å². The first-order valence-corrected chi connectivity index (χ1v) is 4.46. The van der Waals surface area contributed by atoms with Crippen LogP contribution < -0.4 is 0 Å². The molecule has 0 aromatic heterocycles. The van der Waals surface area contributed by atoms with Gasteiger partial charge in [0.25, 0.3) is 0 Å². The van der Waals surface area contributed by atoms with Crippen molar-refractivity contribution < 1.29 is 19.8 Å². The molecule has 0 saturated carbocycles. The number of rotatable bonds is 7. The predicted molar refractivity (Wildman–Crippen MR) is 47.5 cm³/mol. The maximum atomic E-state index is 10.3. The minimum absolute atomic E-state index is 0.145. The van der Waals surface area contributed by atoms with Gasteiger partial charge in [0.05, 0.1) is 0 Å². The third-order valence-electron chi connectivity index (χ3n) is 1.86. The molecule has 0 aromatic carbocycles. The Morgan fingerprint density at radius 2 is 1.77 bits per heavy atom. The van der Waals surface area contributed by atoms with Crippen LogP contribution in [0.5, 0.6) is 0 Å². The van der Waals surface area contributed by atoms with Gasteiger partial charge in [0.15, 0.2) is 0 Å². The number of carboxylic acids is 2. The zero-order valence-electron chi connectivity index (χ0n) is 7.82. The Balaban J connectivity index is 3.31. The molecule has 13 heavy (non-hydrogen) atoms. The summed E-state index contributed by atoms with van der Waals surface area (Å²) < 4.78 is 0. The van der Waals surface area contributed by atoms with Crippen molar-refractivity contribution in [3.63, 3.8) is 0 Å². The van der Waals surface area contributed by atoms with Crippen molar-refractivity contribution >= 4 is 11.9 Å². The maximum Gasteiger partial charge on any atom is 0.303 e. The Morgan fingerprint density at radius 1 is 1.15 bits per heavy atom. The molecule has 4 heteroatoms. The summed E-state index contributed by atoms with van der Waals surface area (Å²) in [7, 11) is 0. The fourth-order valence-corrected chi connectivity index (χ4v) is 1.17. The SMILES string of the molecule is C[C@@H](CCCCC(=O)O)CC(=O)O. The first-order chi connectivity index (χ1) is 6.02. The number of aliphatic carboxylic acids is 2. The normalized spacial score (nSPS) is 12.4. The van der Waals surface area contributed by atoms with Gasteiger partial charge in [-0.25, -0.2) is 0 Å². The monoisotopic (exact) mass is 188 g/mol. The molecule has 2 N–H and O–H groups in total. The van der Waals surface area contributed by atoms with Gasteiger partial charge in [0.2, 0.25) is 0 Å². The second-order valence-corrected chi connectivity index (χ2v) is 3.34. The van der Waals surface area contributed by atoms with Crippen molar-refractivity contribution in [2.45, 2.75) is 39.0 Å². The van der Waals surface area contributed by atoms with Crippen LogP contribution in [0.15, 0.2) is 0 Å². The van der Waals surface area contributed by atoms with E-state index >= 15 is 0 Å². The van der Waals surface area contributed by atoms with Gasteiger partial charge in [-0.2, -0.15) is 0 Å². The van der Waals surface area contributed by atoms with Gasteiger partial charge in [-0.3, -0.25) is 9.59 Å². The summed E-state index contributed by atoms with van der Waals surface area (Å²) in [5.74, 6) is -1.43. The summed E-state index contributed by atoms with van der Waals surface area (Å²) >= 11 is 0. The standard InChI is InChI=1S/C9H16O4/c1-7(6-9(12)13)4-2-3-5-8(10)11/h7H,2-6H2,1H3,(H,10,11)(H,12,13)/t7-/m0/s1. The van der Waals surface area contributed by atoms with E-state index in [1.807, 2.05) is 6.92 Å². The Bertz CT molecular complexity index is 176. The highest BCUT2D eigenvalue weighted by Crippen LogP contribution is 2.12. The molecule has 0 heterocycles. The number of carboxylic acid groups (broad SMARTS) is 2. The van der Waals surface area contributed by atoms with Crippen molar-refractivity contribution in [2.75, 3.05) is 0 Å². The largest absolute Gasteiger partial charge is 0.481 e. The highest BCUT2D eigenvalue weighted by Gasteiger charge is 2.07. The van der Waals surface area contributed by atoms with Crippen LogP contribution in [0, 0.1) is 5.92 Å². The lowest BCUT2D eigenvalue weighted by atomic mass is 10.00. The molecule has 0 saturated heterocycles. The average molecular weight is 188 g/mol. The smallest absolute Gasteiger partial charge is 0.303 e. The third-order valence-corrected chi connectivity index (χ3v) is 1.86. The van der Waals surface area contributed by atoms with E-state index in [-0.39, 0.29) is 18.8 Å². The Labute approximate surface area is 77.6 Å². The van der Waals surface area contributed by atoms with E-state index in [2.05, 4.69) is 0 Å². The van der Waals surface area contributed by atoms with E-state index in [0.717, 1.165) is 12.8 Å². The van der Waals surface area contributed by atoms with Gasteiger partial charge in [0, 0.05) is 12.8 Å². The predicted octanol–water partition coefficient (Wildman–Crippen LogP) is 1.74. The topological polar surface area (TPSA) is 74.6 Å². The molecule has 0 aromatic rings. The lowest BCUT2D eigenvalue weighted by Gasteiger charge is -2.06. The minimum atomic E-state index is -0.786. The van der Waals surface area contributed by atoms with Crippen LogP contribution in [0.25, 0.3) is 0 Å². The van der Waals surface area contributed by atoms with Gasteiger partial charge in [0.1, 0.15) is 0 Å². The first-order valence-electron chi connectivity index (χ1n) is 4.46. The molecule has 0 amide bonds. The van der Waals surface area contributed by atoms with Crippen LogP contribution in [0.2, 0.25) is 0 Å². The summed E-state index contributed by atoms with van der Waals surface area (Å²) in [5, 5.41) is 16.8. The zero-order chi connectivity index (χ0) is 10.3. The summed E-state index contributed by atoms with van der Waals surface area (Å²) in [6.07, 6.45) is 2.58. The zero-order valence-corrected chi connectivity index (χ0v) is 7.82. The van der Waals surface area contributed by atoms with Gasteiger partial charge in [-0.1, -0.05) is 19.8 Å². The molecule has 0 aliphatic carbocycles. The molecule has 1 atom stereocenters. The summed E-state index contributed by atoms with van der Waals surface area (Å²) in [6, 6.07) is 0. The van der Waals surface area contributed by atoms with Crippen molar-refractivity contribution in [2.24, 2.45) is 5.92 Å². The second-order valence-electron chi connectivity index (χ2n) is 3.34. The Morgan fingerprint density at radius 3 is 2.23 bits per heavy atom. The first kappa shape index (κ1) is 11.9. The average Bonchev–Trinajstić information content (AvgIpc) is 1.96. The lowest BCUT2D eigenvalue weighted by molar-refractivity contribution is -0.139. The Kier molecular flexibility index (Phi) is 5.93. The maximum absolute atomic E-state index is 10.3. The number of unbranched alkanes of at least 4 members (excludes halogenated alkanes) is 1.